The predicted molar refractivity (Wildman–Crippen MR) is 125 cm³/mol. The summed E-state index contributed by atoms with van der Waals surface area (Å²) in [7, 11) is 0. The smallest absolute Gasteiger partial charge is 0.317 e. The van der Waals surface area contributed by atoms with Crippen molar-refractivity contribution in [3.8, 4) is 0 Å². The first kappa shape index (κ1) is 21.3. The van der Waals surface area contributed by atoms with E-state index in [4.69, 9.17) is 9.97 Å². The summed E-state index contributed by atoms with van der Waals surface area (Å²) in [5.74, 6) is 2.81. The summed E-state index contributed by atoms with van der Waals surface area (Å²) < 4.78 is 0. The molecule has 1 saturated heterocycles. The molecule has 30 heavy (non-hydrogen) atoms. The van der Waals surface area contributed by atoms with Crippen LogP contribution in [0.5, 0.6) is 0 Å². The van der Waals surface area contributed by atoms with E-state index in [2.05, 4.69) is 24.1 Å². The third-order valence-electron chi connectivity index (χ3n) is 6.00. The third kappa shape index (κ3) is 4.41. The van der Waals surface area contributed by atoms with Crippen LogP contribution in [-0.4, -0.2) is 52.6 Å². The minimum atomic E-state index is -0.213. The van der Waals surface area contributed by atoms with E-state index in [0.29, 0.717) is 0 Å². The van der Waals surface area contributed by atoms with E-state index in [-0.39, 0.29) is 11.6 Å². The molecule has 7 heteroatoms. The Balaban J connectivity index is 1.61. The van der Waals surface area contributed by atoms with Crippen molar-refractivity contribution < 1.29 is 4.79 Å². The first-order valence-electron chi connectivity index (χ1n) is 11.4. The number of hydrogen-bond donors (Lipinski definition) is 1. The second-order valence-electron chi connectivity index (χ2n) is 9.90. The summed E-state index contributed by atoms with van der Waals surface area (Å²) in [6, 6.07) is 0.0311. The highest BCUT2D eigenvalue weighted by Crippen LogP contribution is 2.41. The molecule has 164 valence electrons. The largest absolute Gasteiger partial charge is 0.352 e. The van der Waals surface area contributed by atoms with Crippen molar-refractivity contribution in [2.75, 3.05) is 31.1 Å². The zero-order valence-corrected chi connectivity index (χ0v) is 19.9. The summed E-state index contributed by atoms with van der Waals surface area (Å²) in [4.78, 5) is 29.5. The molecule has 1 fully saturated rings. The molecule has 3 heterocycles. The average Bonchev–Trinajstić information content (AvgIpc) is 3.03. The van der Waals surface area contributed by atoms with Crippen molar-refractivity contribution in [2.45, 2.75) is 72.3 Å². The van der Waals surface area contributed by atoms with Gasteiger partial charge in [-0.3, -0.25) is 0 Å². The van der Waals surface area contributed by atoms with Crippen molar-refractivity contribution in [1.82, 2.24) is 20.2 Å². The number of aromatic nitrogens is 2. The van der Waals surface area contributed by atoms with Gasteiger partial charge in [-0.2, -0.15) is 0 Å². The van der Waals surface area contributed by atoms with Crippen molar-refractivity contribution in [3.63, 3.8) is 0 Å². The minimum Gasteiger partial charge on any atom is -0.352 e. The van der Waals surface area contributed by atoms with Crippen LogP contribution in [0.1, 0.15) is 63.7 Å². The zero-order valence-electron chi connectivity index (χ0n) is 19.0. The number of amides is 2. The molecule has 0 unspecified atom stereocenters. The highest BCUT2D eigenvalue weighted by Gasteiger charge is 2.29. The van der Waals surface area contributed by atoms with Crippen LogP contribution in [0.4, 0.5) is 10.6 Å². The third-order valence-corrected chi connectivity index (χ3v) is 7.15. The molecule has 0 bridgehead atoms. The van der Waals surface area contributed by atoms with E-state index in [9.17, 15) is 4.79 Å². The Morgan fingerprint density at radius 3 is 2.60 bits per heavy atom. The van der Waals surface area contributed by atoms with Gasteiger partial charge in [-0.15, -0.1) is 11.3 Å². The fourth-order valence-corrected chi connectivity index (χ4v) is 5.85. The number of fused-ring (bicyclic) bond motifs is 3. The fourth-order valence-electron chi connectivity index (χ4n) is 4.45. The number of thiophene rings is 1. The monoisotopic (exact) mass is 429 g/mol. The van der Waals surface area contributed by atoms with Gasteiger partial charge in [0.05, 0.1) is 5.39 Å². The molecule has 1 aliphatic carbocycles. The first-order chi connectivity index (χ1) is 14.2. The molecule has 2 amide bonds. The number of rotatable bonds is 3. The van der Waals surface area contributed by atoms with E-state index in [1.165, 1.54) is 28.7 Å². The van der Waals surface area contributed by atoms with Crippen LogP contribution >= 0.6 is 11.3 Å². The van der Waals surface area contributed by atoms with Gasteiger partial charge in [-0.05, 0) is 57.9 Å². The zero-order chi connectivity index (χ0) is 21.5. The molecule has 2 aromatic heterocycles. The lowest BCUT2D eigenvalue weighted by Gasteiger charge is -2.37. The number of piperazine rings is 1. The molecule has 0 radical (unpaired) electrons. The maximum absolute atomic E-state index is 12.6. The number of anilines is 1. The van der Waals surface area contributed by atoms with Crippen LogP contribution in [-0.2, 0) is 19.3 Å². The fraction of sp³-hybridized carbons (Fsp3) is 0.696. The Hall–Kier alpha value is -1.89. The van der Waals surface area contributed by atoms with Crippen molar-refractivity contribution in [1.29, 1.82) is 0 Å². The summed E-state index contributed by atoms with van der Waals surface area (Å²) >= 11 is 1.88. The molecule has 4 rings (SSSR count). The van der Waals surface area contributed by atoms with Crippen LogP contribution in [0.2, 0.25) is 0 Å². The summed E-state index contributed by atoms with van der Waals surface area (Å²) in [6.07, 6.45) is 5.51. The van der Waals surface area contributed by atoms with Gasteiger partial charge in [-0.1, -0.05) is 13.8 Å². The Labute approximate surface area is 184 Å². The van der Waals surface area contributed by atoms with E-state index < -0.39 is 0 Å². The van der Waals surface area contributed by atoms with Crippen LogP contribution in [0, 0.1) is 5.92 Å². The van der Waals surface area contributed by atoms with E-state index in [1.54, 1.807) is 0 Å². The Bertz CT molecular complexity index is 924. The molecule has 1 atom stereocenters. The Kier molecular flexibility index (Phi) is 5.93. The Morgan fingerprint density at radius 1 is 1.20 bits per heavy atom. The standard InChI is InChI=1S/C23H35N5OS/c1-6-7-18-24-20(19-16-9-8-15(2)14-17(16)30-21(19)25-18)27-10-12-28(13-11-27)22(29)26-23(3,4)5/h15H,6-14H2,1-5H3,(H,26,29)/t15-/m1/s1. The molecule has 0 aromatic carbocycles. The SMILES string of the molecule is CCCc1nc(N2CCN(C(=O)NC(C)(C)C)CC2)c2c3c(sc2n1)C[C@H](C)CC3. The van der Waals surface area contributed by atoms with Gasteiger partial charge >= 0.3 is 6.03 Å². The summed E-state index contributed by atoms with van der Waals surface area (Å²) in [6.45, 7) is 13.7. The van der Waals surface area contributed by atoms with Crippen molar-refractivity contribution in [2.24, 2.45) is 5.92 Å². The highest BCUT2D eigenvalue weighted by molar-refractivity contribution is 7.19. The average molecular weight is 430 g/mol. The predicted octanol–water partition coefficient (Wildman–Crippen LogP) is 4.40. The normalized spacial score (nSPS) is 19.8. The summed E-state index contributed by atoms with van der Waals surface area (Å²) in [5, 5.41) is 4.37. The number of carbonyl (C=O) groups is 1. The molecule has 2 aromatic rings. The lowest BCUT2D eigenvalue weighted by atomic mass is 9.89. The Morgan fingerprint density at radius 2 is 1.93 bits per heavy atom. The van der Waals surface area contributed by atoms with Gasteiger partial charge in [0.15, 0.2) is 0 Å². The molecule has 6 nitrogen and oxygen atoms in total. The second kappa shape index (κ2) is 8.33. The van der Waals surface area contributed by atoms with Gasteiger partial charge in [0.2, 0.25) is 0 Å². The number of nitrogens with one attached hydrogen (secondary N) is 1. The van der Waals surface area contributed by atoms with Gasteiger partial charge < -0.3 is 15.1 Å². The topological polar surface area (TPSA) is 61.4 Å². The molecule has 0 spiro atoms. The van der Waals surface area contributed by atoms with Gasteiger partial charge in [0.25, 0.3) is 0 Å². The van der Waals surface area contributed by atoms with E-state index in [0.717, 1.165) is 67.8 Å². The van der Waals surface area contributed by atoms with Crippen LogP contribution in [0.3, 0.4) is 0 Å². The van der Waals surface area contributed by atoms with Crippen molar-refractivity contribution in [3.05, 3.63) is 16.3 Å². The van der Waals surface area contributed by atoms with Crippen LogP contribution < -0.4 is 10.2 Å². The number of aryl methyl sites for hydroxylation is 2. The van der Waals surface area contributed by atoms with Crippen molar-refractivity contribution >= 4 is 33.4 Å². The molecule has 1 N–H and O–H groups in total. The molecule has 2 aliphatic rings. The maximum Gasteiger partial charge on any atom is 0.317 e. The van der Waals surface area contributed by atoms with Gasteiger partial charge in [-0.25, -0.2) is 14.8 Å². The molecular weight excluding hydrogens is 394 g/mol. The molecule has 0 saturated carbocycles. The van der Waals surface area contributed by atoms with Gasteiger partial charge in [0, 0.05) is 43.0 Å². The molecular formula is C23H35N5OS. The second-order valence-corrected chi connectivity index (χ2v) is 11.0. The van der Waals surface area contributed by atoms with E-state index in [1.807, 2.05) is 37.0 Å². The first-order valence-corrected chi connectivity index (χ1v) is 12.2. The molecule has 1 aliphatic heterocycles. The lowest BCUT2D eigenvalue weighted by Crippen LogP contribution is -2.55. The van der Waals surface area contributed by atoms with Gasteiger partial charge in [0.1, 0.15) is 16.5 Å². The number of hydrogen-bond acceptors (Lipinski definition) is 5. The number of urea groups is 1. The number of carbonyl (C=O) groups excluding carboxylic acids is 1. The van der Waals surface area contributed by atoms with Crippen LogP contribution in [0.15, 0.2) is 0 Å². The quantitative estimate of drug-likeness (QED) is 0.786. The minimum absolute atomic E-state index is 0.0311. The maximum atomic E-state index is 12.6. The number of nitrogens with zero attached hydrogens (tertiary/aromatic N) is 4. The van der Waals surface area contributed by atoms with Crippen LogP contribution in [0.25, 0.3) is 10.2 Å². The highest BCUT2D eigenvalue weighted by atomic mass is 32.1. The van der Waals surface area contributed by atoms with E-state index >= 15 is 0 Å². The lowest BCUT2D eigenvalue weighted by molar-refractivity contribution is 0.185. The summed E-state index contributed by atoms with van der Waals surface area (Å²) in [5.41, 5.74) is 1.27.